The molecule has 0 N–H and O–H groups in total. The van der Waals surface area contributed by atoms with E-state index >= 15 is 0 Å². The fraction of sp³-hybridized carbons (Fsp3) is 0. The van der Waals surface area contributed by atoms with E-state index in [1.54, 1.807) is 23.5 Å². The molecule has 0 unspecified atom stereocenters. The van der Waals surface area contributed by atoms with Gasteiger partial charge in [0.1, 0.15) is 6.29 Å². The maximum absolute atomic E-state index is 10.6. The zero-order chi connectivity index (χ0) is 10.8. The molecule has 1 heterocycles. The third-order valence-corrected chi connectivity index (χ3v) is 4.05. The van der Waals surface area contributed by atoms with E-state index in [1.165, 1.54) is 0 Å². The molecule has 4 heteroatoms. The van der Waals surface area contributed by atoms with Crippen molar-refractivity contribution < 1.29 is 4.79 Å². The number of hydrogen-bond acceptors (Lipinski definition) is 2. The van der Waals surface area contributed by atoms with Crippen molar-refractivity contribution in [1.29, 1.82) is 0 Å². The fourth-order valence-corrected chi connectivity index (χ4v) is 3.10. The summed E-state index contributed by atoms with van der Waals surface area (Å²) in [7, 11) is 0. The second-order valence-corrected chi connectivity index (χ2v) is 5.00. The lowest BCUT2D eigenvalue weighted by atomic mass is 10.1. The van der Waals surface area contributed by atoms with Gasteiger partial charge in [-0.05, 0) is 27.4 Å². The quantitative estimate of drug-likeness (QED) is 0.738. The predicted octanol–water partition coefficient (Wildman–Crippen LogP) is 4.64. The summed E-state index contributed by atoms with van der Waals surface area (Å²) in [5.74, 6) is 0. The monoisotopic (exact) mass is 300 g/mol. The van der Waals surface area contributed by atoms with Crippen LogP contribution in [-0.4, -0.2) is 6.29 Å². The predicted molar refractivity (Wildman–Crippen MR) is 67.9 cm³/mol. The summed E-state index contributed by atoms with van der Waals surface area (Å²) >= 11 is 11.2. The van der Waals surface area contributed by atoms with Gasteiger partial charge < -0.3 is 0 Å². The van der Waals surface area contributed by atoms with E-state index in [1.807, 2.05) is 16.8 Å². The van der Waals surface area contributed by atoms with Crippen LogP contribution in [0.15, 0.2) is 33.4 Å². The van der Waals surface area contributed by atoms with Crippen molar-refractivity contribution in [3.63, 3.8) is 0 Å². The molecule has 0 amide bonds. The largest absolute Gasteiger partial charge is 0.298 e. The van der Waals surface area contributed by atoms with Gasteiger partial charge in [-0.15, -0.1) is 0 Å². The molecule has 2 aromatic rings. The number of aldehydes is 1. The Morgan fingerprint density at radius 3 is 2.60 bits per heavy atom. The first-order valence-corrected chi connectivity index (χ1v) is 6.30. The van der Waals surface area contributed by atoms with Gasteiger partial charge in [-0.1, -0.05) is 23.7 Å². The molecule has 0 saturated heterocycles. The Balaban J connectivity index is 2.55. The maximum Gasteiger partial charge on any atom is 0.150 e. The highest BCUT2D eigenvalue weighted by atomic mass is 79.9. The molecule has 15 heavy (non-hydrogen) atoms. The van der Waals surface area contributed by atoms with Crippen LogP contribution in [0.2, 0.25) is 5.02 Å². The van der Waals surface area contributed by atoms with Crippen LogP contribution in [-0.2, 0) is 0 Å². The van der Waals surface area contributed by atoms with Crippen LogP contribution in [0.25, 0.3) is 11.1 Å². The standard InChI is InChI=1S/C11H6BrClOS/c12-10-6-15-5-9(10)8-2-1-7(4-14)3-11(8)13/h1-6H. The average Bonchev–Trinajstić information content (AvgIpc) is 2.64. The van der Waals surface area contributed by atoms with E-state index in [9.17, 15) is 4.79 Å². The van der Waals surface area contributed by atoms with Gasteiger partial charge in [0, 0.05) is 31.6 Å². The van der Waals surface area contributed by atoms with Crippen molar-refractivity contribution >= 4 is 45.2 Å². The molecular weight excluding hydrogens is 296 g/mol. The van der Waals surface area contributed by atoms with E-state index in [0.29, 0.717) is 10.6 Å². The van der Waals surface area contributed by atoms with Crippen LogP contribution in [0.3, 0.4) is 0 Å². The number of carbonyl (C=O) groups is 1. The molecule has 76 valence electrons. The summed E-state index contributed by atoms with van der Waals surface area (Å²) < 4.78 is 1.02. The molecule has 0 aliphatic rings. The van der Waals surface area contributed by atoms with E-state index in [4.69, 9.17) is 11.6 Å². The molecule has 0 aliphatic carbocycles. The van der Waals surface area contributed by atoms with E-state index in [0.717, 1.165) is 21.9 Å². The minimum Gasteiger partial charge on any atom is -0.298 e. The second kappa shape index (κ2) is 4.47. The molecule has 1 aromatic heterocycles. The molecule has 0 bridgehead atoms. The third-order valence-electron chi connectivity index (χ3n) is 2.03. The molecule has 0 radical (unpaired) electrons. The van der Waals surface area contributed by atoms with Gasteiger partial charge in [0.25, 0.3) is 0 Å². The zero-order valence-electron chi connectivity index (χ0n) is 7.54. The van der Waals surface area contributed by atoms with Crippen LogP contribution in [0.4, 0.5) is 0 Å². The lowest BCUT2D eigenvalue weighted by Gasteiger charge is -2.03. The SMILES string of the molecule is O=Cc1ccc(-c2cscc2Br)c(Cl)c1. The summed E-state index contributed by atoms with van der Waals surface area (Å²) in [5, 5.41) is 4.62. The zero-order valence-corrected chi connectivity index (χ0v) is 10.7. The first-order chi connectivity index (χ1) is 7.22. The molecule has 0 aliphatic heterocycles. The van der Waals surface area contributed by atoms with Crippen molar-refractivity contribution in [2.75, 3.05) is 0 Å². The van der Waals surface area contributed by atoms with Crippen molar-refractivity contribution in [3.8, 4) is 11.1 Å². The Morgan fingerprint density at radius 2 is 2.07 bits per heavy atom. The third kappa shape index (κ3) is 2.14. The minimum atomic E-state index is 0.593. The number of carbonyl (C=O) groups excluding carboxylic acids is 1. The lowest BCUT2D eigenvalue weighted by Crippen LogP contribution is -1.82. The smallest absolute Gasteiger partial charge is 0.150 e. The van der Waals surface area contributed by atoms with Gasteiger partial charge in [0.2, 0.25) is 0 Å². The molecule has 1 aromatic carbocycles. The molecule has 0 atom stereocenters. The topological polar surface area (TPSA) is 17.1 Å². The van der Waals surface area contributed by atoms with Gasteiger partial charge in [0.05, 0.1) is 0 Å². The number of benzene rings is 1. The first kappa shape index (κ1) is 10.9. The van der Waals surface area contributed by atoms with Gasteiger partial charge in [-0.2, -0.15) is 11.3 Å². The number of halogens is 2. The highest BCUT2D eigenvalue weighted by Crippen LogP contribution is 2.36. The summed E-state index contributed by atoms with van der Waals surface area (Å²) in [4.78, 5) is 10.6. The minimum absolute atomic E-state index is 0.593. The van der Waals surface area contributed by atoms with Crippen LogP contribution in [0, 0.1) is 0 Å². The molecule has 0 spiro atoms. The summed E-state index contributed by atoms with van der Waals surface area (Å²) in [5.41, 5.74) is 2.59. The Labute approximate surface area is 105 Å². The molecular formula is C11H6BrClOS. The number of rotatable bonds is 2. The van der Waals surface area contributed by atoms with Gasteiger partial charge in [-0.3, -0.25) is 4.79 Å². The number of thiophene rings is 1. The molecule has 0 fully saturated rings. The highest BCUT2D eigenvalue weighted by Gasteiger charge is 2.08. The second-order valence-electron chi connectivity index (χ2n) is 2.99. The van der Waals surface area contributed by atoms with Gasteiger partial charge in [-0.25, -0.2) is 0 Å². The Hall–Kier alpha value is -0.640. The van der Waals surface area contributed by atoms with Crippen LogP contribution < -0.4 is 0 Å². The first-order valence-electron chi connectivity index (χ1n) is 4.19. The summed E-state index contributed by atoms with van der Waals surface area (Å²) in [6.07, 6.45) is 0.790. The van der Waals surface area contributed by atoms with Crippen LogP contribution in [0.1, 0.15) is 10.4 Å². The van der Waals surface area contributed by atoms with Crippen LogP contribution in [0.5, 0.6) is 0 Å². The molecule has 2 rings (SSSR count). The number of hydrogen-bond donors (Lipinski definition) is 0. The van der Waals surface area contributed by atoms with E-state index in [-0.39, 0.29) is 0 Å². The van der Waals surface area contributed by atoms with Crippen LogP contribution >= 0.6 is 38.9 Å². The Morgan fingerprint density at radius 1 is 1.27 bits per heavy atom. The fourth-order valence-electron chi connectivity index (χ4n) is 1.30. The van der Waals surface area contributed by atoms with Gasteiger partial charge >= 0.3 is 0 Å². The van der Waals surface area contributed by atoms with E-state index < -0.39 is 0 Å². The Bertz CT molecular complexity index is 507. The highest BCUT2D eigenvalue weighted by molar-refractivity contribution is 9.10. The Kier molecular flexibility index (Phi) is 3.24. The van der Waals surface area contributed by atoms with Crippen molar-refractivity contribution in [3.05, 3.63) is 44.0 Å². The van der Waals surface area contributed by atoms with Gasteiger partial charge in [0.15, 0.2) is 0 Å². The van der Waals surface area contributed by atoms with Crippen molar-refractivity contribution in [1.82, 2.24) is 0 Å². The summed E-state index contributed by atoms with van der Waals surface area (Å²) in [6.45, 7) is 0. The maximum atomic E-state index is 10.6. The average molecular weight is 302 g/mol. The molecule has 0 saturated carbocycles. The van der Waals surface area contributed by atoms with Crippen molar-refractivity contribution in [2.45, 2.75) is 0 Å². The lowest BCUT2D eigenvalue weighted by molar-refractivity contribution is 0.112. The normalized spacial score (nSPS) is 10.3. The summed E-state index contributed by atoms with van der Waals surface area (Å²) in [6, 6.07) is 5.30. The molecule has 1 nitrogen and oxygen atoms in total. The van der Waals surface area contributed by atoms with Crippen molar-refractivity contribution in [2.24, 2.45) is 0 Å². The van der Waals surface area contributed by atoms with E-state index in [2.05, 4.69) is 15.9 Å².